The summed E-state index contributed by atoms with van der Waals surface area (Å²) < 4.78 is 10.1. The molecule has 62 heavy (non-hydrogen) atoms. The van der Waals surface area contributed by atoms with E-state index in [1.165, 1.54) is 5.56 Å². The minimum atomic E-state index is -0.857. The van der Waals surface area contributed by atoms with Gasteiger partial charge in [-0.15, -0.1) is 15.0 Å². The maximum atomic E-state index is 5.53. The average Bonchev–Trinajstić information content (AvgIpc) is 4.11. The molecule has 6 aromatic carbocycles. The van der Waals surface area contributed by atoms with Crippen molar-refractivity contribution >= 4 is 11.0 Å². The predicted octanol–water partition coefficient (Wildman–Crippen LogP) is 9.31. The molecule has 0 radical (unpaired) electrons. The number of fused-ring (bicyclic) bond motifs is 1. The normalized spacial score (nSPS) is 13.5. The molecule has 0 amide bonds. The number of imidazole rings is 2. The lowest BCUT2D eigenvalue weighted by Crippen LogP contribution is -2.39. The van der Waals surface area contributed by atoms with Crippen molar-refractivity contribution in [1.29, 1.82) is 0 Å². The van der Waals surface area contributed by atoms with Crippen molar-refractivity contribution in [3.05, 3.63) is 198 Å². The SMILES string of the molecule is CCc1nc2c(C)cc(-c3cn(CCN4CCOCC4)cn3)cc2n1Cc1ccc(-c2ccccc2-c2nnn(C(c3ccccc3)(c3ccccc3)c3ccccc3)n2)cc1. The maximum Gasteiger partial charge on any atom is 0.205 e. The van der Waals surface area contributed by atoms with Gasteiger partial charge in [0.15, 0.2) is 5.54 Å². The largest absolute Gasteiger partial charge is 0.379 e. The lowest BCUT2D eigenvalue weighted by Gasteiger charge is -2.34. The van der Waals surface area contributed by atoms with E-state index in [1.807, 2.05) is 30.6 Å². The zero-order valence-corrected chi connectivity index (χ0v) is 35.2. The fourth-order valence-corrected chi connectivity index (χ4v) is 9.00. The number of hydrogen-bond acceptors (Lipinski definition) is 7. The molecule has 0 aliphatic carbocycles. The van der Waals surface area contributed by atoms with Gasteiger partial charge >= 0.3 is 0 Å². The quantitative estimate of drug-likeness (QED) is 0.107. The highest BCUT2D eigenvalue weighted by atomic mass is 16.5. The van der Waals surface area contributed by atoms with Crippen LogP contribution in [0, 0.1) is 6.92 Å². The Labute approximate surface area is 362 Å². The fourth-order valence-electron chi connectivity index (χ4n) is 9.00. The van der Waals surface area contributed by atoms with Crippen molar-refractivity contribution < 1.29 is 4.74 Å². The standard InChI is InChI=1S/C52H49N9O/c1-3-49-54-50-38(2)33-41(47-36-59(37-53-47)28-27-58-29-31-62-32-30-58)34-48(50)60(49)35-39-23-25-40(26-24-39)45-21-13-14-22-46(45)51-55-57-61(56-51)52(42-15-7-4-8-16-42,43-17-9-5-10-18-43)44-19-11-6-12-20-44/h4-26,33-34,36-37H,3,27-32,35H2,1-2H3. The third kappa shape index (κ3) is 7.41. The molecule has 1 aliphatic rings. The Hall–Kier alpha value is -7.01. The van der Waals surface area contributed by atoms with Gasteiger partial charge in [-0.1, -0.05) is 146 Å². The Bertz CT molecular complexity index is 2820. The lowest BCUT2D eigenvalue weighted by molar-refractivity contribution is 0.0364. The zero-order chi connectivity index (χ0) is 41.9. The van der Waals surface area contributed by atoms with E-state index >= 15 is 0 Å². The topological polar surface area (TPSA) is 91.7 Å². The van der Waals surface area contributed by atoms with Gasteiger partial charge in [-0.25, -0.2) is 9.97 Å². The first-order chi connectivity index (χ1) is 30.6. The van der Waals surface area contributed by atoms with Crippen LogP contribution in [0.5, 0.6) is 0 Å². The van der Waals surface area contributed by atoms with Crippen LogP contribution < -0.4 is 0 Å². The van der Waals surface area contributed by atoms with Gasteiger partial charge in [-0.05, 0) is 63.2 Å². The summed E-state index contributed by atoms with van der Waals surface area (Å²) in [6.45, 7) is 10.5. The summed E-state index contributed by atoms with van der Waals surface area (Å²) in [7, 11) is 0. The molecule has 1 aliphatic heterocycles. The molecule has 308 valence electrons. The maximum absolute atomic E-state index is 5.53. The molecule has 0 spiro atoms. The van der Waals surface area contributed by atoms with Crippen LogP contribution in [0.2, 0.25) is 0 Å². The van der Waals surface area contributed by atoms with E-state index in [1.54, 1.807) is 4.80 Å². The van der Waals surface area contributed by atoms with Crippen molar-refractivity contribution in [3.8, 4) is 33.8 Å². The Balaban J connectivity index is 0.953. The summed E-state index contributed by atoms with van der Waals surface area (Å²) in [6.07, 6.45) is 4.95. The summed E-state index contributed by atoms with van der Waals surface area (Å²) in [5, 5.41) is 14.8. The molecular formula is C52H49N9O. The van der Waals surface area contributed by atoms with E-state index in [9.17, 15) is 0 Å². The van der Waals surface area contributed by atoms with E-state index in [-0.39, 0.29) is 0 Å². The summed E-state index contributed by atoms with van der Waals surface area (Å²) in [5.41, 5.74) is 11.9. The second-order valence-corrected chi connectivity index (χ2v) is 16.0. The highest BCUT2D eigenvalue weighted by molar-refractivity contribution is 5.85. The number of aromatic nitrogens is 8. The van der Waals surface area contributed by atoms with Crippen LogP contribution in [0.4, 0.5) is 0 Å². The first-order valence-electron chi connectivity index (χ1n) is 21.6. The number of rotatable bonds is 13. The van der Waals surface area contributed by atoms with Gasteiger partial charge in [0.2, 0.25) is 5.82 Å². The number of morpholine rings is 1. The Morgan fingerprint density at radius 1 is 0.677 bits per heavy atom. The first-order valence-corrected chi connectivity index (χ1v) is 21.6. The van der Waals surface area contributed by atoms with Gasteiger partial charge in [-0.3, -0.25) is 4.90 Å². The van der Waals surface area contributed by atoms with Gasteiger partial charge in [0.1, 0.15) is 5.82 Å². The number of tetrazole rings is 1. The molecule has 0 bridgehead atoms. The number of nitrogens with zero attached hydrogens (tertiary/aromatic N) is 9. The van der Waals surface area contributed by atoms with Crippen molar-refractivity contribution in [3.63, 3.8) is 0 Å². The van der Waals surface area contributed by atoms with E-state index < -0.39 is 5.54 Å². The average molecular weight is 816 g/mol. The van der Waals surface area contributed by atoms with Gasteiger partial charge in [0.05, 0.1) is 36.3 Å². The predicted molar refractivity (Wildman–Crippen MR) is 245 cm³/mol. The van der Waals surface area contributed by atoms with Crippen molar-refractivity contribution in [2.75, 3.05) is 32.8 Å². The van der Waals surface area contributed by atoms with Crippen molar-refractivity contribution in [2.24, 2.45) is 0 Å². The summed E-state index contributed by atoms with van der Waals surface area (Å²) in [5.74, 6) is 1.62. The van der Waals surface area contributed by atoms with Gasteiger partial charge in [0, 0.05) is 56.5 Å². The minimum Gasteiger partial charge on any atom is -0.379 e. The molecule has 1 saturated heterocycles. The molecular weight excluding hydrogens is 767 g/mol. The number of benzene rings is 6. The van der Waals surface area contributed by atoms with Crippen LogP contribution >= 0.6 is 0 Å². The van der Waals surface area contributed by atoms with Crippen molar-refractivity contribution in [1.82, 2.24) is 44.2 Å². The van der Waals surface area contributed by atoms with Gasteiger partial charge < -0.3 is 13.9 Å². The zero-order valence-electron chi connectivity index (χ0n) is 35.2. The summed E-state index contributed by atoms with van der Waals surface area (Å²) in [6, 6.07) is 53.0. The first kappa shape index (κ1) is 39.1. The van der Waals surface area contributed by atoms with E-state index in [0.29, 0.717) is 12.4 Å². The van der Waals surface area contributed by atoms with E-state index in [4.69, 9.17) is 30.1 Å². The van der Waals surface area contributed by atoms with Crippen LogP contribution in [0.3, 0.4) is 0 Å². The summed E-state index contributed by atoms with van der Waals surface area (Å²) >= 11 is 0. The molecule has 0 N–H and O–H groups in total. The Kier molecular flexibility index (Phi) is 10.8. The molecule has 10 heteroatoms. The Morgan fingerprint density at radius 3 is 1.95 bits per heavy atom. The third-order valence-corrected chi connectivity index (χ3v) is 12.2. The van der Waals surface area contributed by atoms with Crippen LogP contribution in [0.15, 0.2) is 164 Å². The van der Waals surface area contributed by atoms with Gasteiger partial charge in [-0.2, -0.15) is 0 Å². The molecule has 10 nitrogen and oxygen atoms in total. The van der Waals surface area contributed by atoms with Crippen LogP contribution in [-0.2, 0) is 29.8 Å². The molecule has 3 aromatic heterocycles. The lowest BCUT2D eigenvalue weighted by atomic mass is 9.77. The molecule has 4 heterocycles. The minimum absolute atomic E-state index is 0.558. The third-order valence-electron chi connectivity index (χ3n) is 12.2. The van der Waals surface area contributed by atoms with Crippen molar-refractivity contribution in [2.45, 2.75) is 38.9 Å². The number of aryl methyl sites for hydroxylation is 2. The highest BCUT2D eigenvalue weighted by Crippen LogP contribution is 2.40. The van der Waals surface area contributed by atoms with Gasteiger partial charge in [0.25, 0.3) is 0 Å². The fraction of sp³-hybridized carbons (Fsp3) is 0.212. The smallest absolute Gasteiger partial charge is 0.205 e. The van der Waals surface area contributed by atoms with E-state index in [0.717, 1.165) is 113 Å². The van der Waals surface area contributed by atoms with Crippen LogP contribution in [-0.4, -0.2) is 77.1 Å². The molecule has 9 aromatic rings. The number of hydrogen-bond donors (Lipinski definition) is 0. The molecule has 0 atom stereocenters. The van der Waals surface area contributed by atoms with Crippen LogP contribution in [0.1, 0.15) is 40.6 Å². The molecule has 0 saturated carbocycles. The molecule has 10 rings (SSSR count). The van der Waals surface area contributed by atoms with E-state index in [2.05, 4.69) is 161 Å². The summed E-state index contributed by atoms with van der Waals surface area (Å²) in [4.78, 5) is 14.2. The second-order valence-electron chi connectivity index (χ2n) is 16.0. The number of ether oxygens (including phenoxy) is 1. The second kappa shape index (κ2) is 17.2. The monoisotopic (exact) mass is 815 g/mol. The Morgan fingerprint density at radius 2 is 1.31 bits per heavy atom. The van der Waals surface area contributed by atoms with Crippen LogP contribution in [0.25, 0.3) is 44.8 Å². The molecule has 1 fully saturated rings. The highest BCUT2D eigenvalue weighted by Gasteiger charge is 2.41. The molecule has 0 unspecified atom stereocenters.